The van der Waals surface area contributed by atoms with E-state index < -0.39 is 0 Å². The van der Waals surface area contributed by atoms with Gasteiger partial charge in [0.2, 0.25) is 0 Å². The van der Waals surface area contributed by atoms with Crippen LogP contribution in [0.25, 0.3) is 0 Å². The van der Waals surface area contributed by atoms with Crippen molar-refractivity contribution in [2.75, 3.05) is 38.2 Å². The van der Waals surface area contributed by atoms with E-state index in [2.05, 4.69) is 69.9 Å². The number of hydrogen-bond acceptors (Lipinski definition) is 5. The Bertz CT molecular complexity index is 969. The molecule has 2 heterocycles. The van der Waals surface area contributed by atoms with Gasteiger partial charge in [0, 0.05) is 48.3 Å². The Kier molecular flexibility index (Phi) is 6.89. The molecule has 1 aliphatic heterocycles. The summed E-state index contributed by atoms with van der Waals surface area (Å²) in [6.07, 6.45) is 0. The highest BCUT2D eigenvalue weighted by Crippen LogP contribution is 2.30. The number of amides is 1. The lowest BCUT2D eigenvalue weighted by molar-refractivity contribution is 0.0890. The summed E-state index contributed by atoms with van der Waals surface area (Å²) in [5.41, 5.74) is 1.89. The molecule has 0 spiro atoms. The van der Waals surface area contributed by atoms with Crippen LogP contribution in [-0.2, 0) is 0 Å². The summed E-state index contributed by atoms with van der Waals surface area (Å²) >= 11 is 1.75. The molecule has 0 bridgehead atoms. The van der Waals surface area contributed by atoms with Gasteiger partial charge in [-0.1, -0.05) is 30.3 Å². The number of piperazine rings is 1. The first-order valence-electron chi connectivity index (χ1n) is 10.7. The Labute approximate surface area is 188 Å². The smallest absolute Gasteiger partial charge is 0.251 e. The average Bonchev–Trinajstić information content (AvgIpc) is 3.34. The third-order valence-corrected chi connectivity index (χ3v) is 6.77. The lowest BCUT2D eigenvalue weighted by atomic mass is 10.0. The van der Waals surface area contributed by atoms with Crippen LogP contribution in [0.2, 0.25) is 0 Å². The monoisotopic (exact) mass is 435 g/mol. The molecule has 0 saturated carbocycles. The van der Waals surface area contributed by atoms with Crippen molar-refractivity contribution >= 4 is 22.9 Å². The molecule has 0 unspecified atom stereocenters. The summed E-state index contributed by atoms with van der Waals surface area (Å²) in [7, 11) is 1.61. The maximum Gasteiger partial charge on any atom is 0.251 e. The molecule has 31 heavy (non-hydrogen) atoms. The number of anilines is 1. The van der Waals surface area contributed by atoms with E-state index in [1.54, 1.807) is 24.5 Å². The van der Waals surface area contributed by atoms with Gasteiger partial charge in [0.05, 0.1) is 13.2 Å². The second kappa shape index (κ2) is 9.98. The van der Waals surface area contributed by atoms with Crippen LogP contribution in [0.4, 0.5) is 5.69 Å². The third-order valence-electron chi connectivity index (χ3n) is 5.83. The van der Waals surface area contributed by atoms with Crippen LogP contribution in [0.3, 0.4) is 0 Å². The Balaban J connectivity index is 1.46. The predicted molar refractivity (Wildman–Crippen MR) is 127 cm³/mol. The number of ether oxygens (including phenoxy) is 1. The van der Waals surface area contributed by atoms with Crippen molar-refractivity contribution < 1.29 is 9.53 Å². The van der Waals surface area contributed by atoms with E-state index >= 15 is 0 Å². The Hall–Kier alpha value is -2.83. The molecule has 2 atom stereocenters. The molecule has 3 aromatic rings. The Morgan fingerprint density at radius 1 is 1.00 bits per heavy atom. The summed E-state index contributed by atoms with van der Waals surface area (Å²) in [5.74, 6) is 0.614. The van der Waals surface area contributed by atoms with Gasteiger partial charge in [-0.3, -0.25) is 9.69 Å². The normalized spacial score (nSPS) is 16.5. The molecule has 1 fully saturated rings. The number of nitrogens with one attached hydrogen (secondary N) is 1. The van der Waals surface area contributed by atoms with Crippen molar-refractivity contribution in [1.29, 1.82) is 0 Å². The molecular weight excluding hydrogens is 406 g/mol. The highest BCUT2D eigenvalue weighted by Gasteiger charge is 2.31. The van der Waals surface area contributed by atoms with Crippen molar-refractivity contribution in [3.8, 4) is 5.75 Å². The van der Waals surface area contributed by atoms with E-state index in [-0.39, 0.29) is 18.0 Å². The number of methoxy groups -OCH3 is 1. The Morgan fingerprint density at radius 2 is 1.77 bits per heavy atom. The van der Waals surface area contributed by atoms with Crippen LogP contribution in [0.1, 0.15) is 28.2 Å². The first-order chi connectivity index (χ1) is 15.2. The van der Waals surface area contributed by atoms with Crippen LogP contribution in [0.15, 0.2) is 72.1 Å². The fraction of sp³-hybridized carbons (Fsp3) is 0.320. The molecule has 6 heteroatoms. The number of para-hydroxylation sites is 1. The highest BCUT2D eigenvalue weighted by molar-refractivity contribution is 7.10. The molecule has 4 rings (SSSR count). The molecule has 1 aliphatic rings. The van der Waals surface area contributed by atoms with Gasteiger partial charge in [0.1, 0.15) is 5.75 Å². The summed E-state index contributed by atoms with van der Waals surface area (Å²) in [6.45, 7) is 5.96. The Morgan fingerprint density at radius 3 is 2.45 bits per heavy atom. The summed E-state index contributed by atoms with van der Waals surface area (Å²) in [4.78, 5) is 19.1. The zero-order valence-corrected chi connectivity index (χ0v) is 18.8. The van der Waals surface area contributed by atoms with E-state index in [0.717, 1.165) is 26.2 Å². The van der Waals surface area contributed by atoms with Gasteiger partial charge < -0.3 is 15.0 Å². The zero-order chi connectivity index (χ0) is 21.6. The number of thiophene rings is 1. The first kappa shape index (κ1) is 21.4. The minimum Gasteiger partial charge on any atom is -0.497 e. The molecular formula is C25H29N3O2S. The second-order valence-electron chi connectivity index (χ2n) is 7.81. The van der Waals surface area contributed by atoms with Gasteiger partial charge in [0.15, 0.2) is 0 Å². The van der Waals surface area contributed by atoms with Crippen LogP contribution in [0.5, 0.6) is 5.75 Å². The maximum atomic E-state index is 12.9. The molecule has 2 aromatic carbocycles. The van der Waals surface area contributed by atoms with Crippen LogP contribution >= 0.6 is 11.3 Å². The van der Waals surface area contributed by atoms with Crippen molar-refractivity contribution in [3.63, 3.8) is 0 Å². The minimum atomic E-state index is -0.0733. The van der Waals surface area contributed by atoms with Crippen molar-refractivity contribution in [3.05, 3.63) is 82.6 Å². The van der Waals surface area contributed by atoms with Crippen LogP contribution in [0, 0.1) is 0 Å². The van der Waals surface area contributed by atoms with Gasteiger partial charge in [-0.25, -0.2) is 0 Å². The maximum absolute atomic E-state index is 12.9. The predicted octanol–water partition coefficient (Wildman–Crippen LogP) is 4.44. The van der Waals surface area contributed by atoms with E-state index in [9.17, 15) is 4.79 Å². The average molecular weight is 436 g/mol. The van der Waals surface area contributed by atoms with Crippen molar-refractivity contribution in [2.45, 2.75) is 19.0 Å². The third kappa shape index (κ3) is 5.09. The fourth-order valence-corrected chi connectivity index (χ4v) is 5.20. The van der Waals surface area contributed by atoms with Crippen LogP contribution < -0.4 is 15.0 Å². The standard InChI is InChI=1S/C25H29N3O2S/c1-19(26-25(29)20-8-6-11-22(18-20)30-2)24(23-12-7-17-31-23)28-15-13-27(14-16-28)21-9-4-3-5-10-21/h3-12,17-19,24H,13-16H2,1-2H3,(H,26,29)/t19-,24-/m1/s1. The molecule has 1 amide bonds. The van der Waals surface area contributed by atoms with Gasteiger partial charge in [-0.15, -0.1) is 11.3 Å². The van der Waals surface area contributed by atoms with Crippen LogP contribution in [-0.4, -0.2) is 50.1 Å². The lowest BCUT2D eigenvalue weighted by Crippen LogP contribution is -2.52. The van der Waals surface area contributed by atoms with Gasteiger partial charge >= 0.3 is 0 Å². The zero-order valence-electron chi connectivity index (χ0n) is 18.0. The number of carbonyl (C=O) groups excluding carboxylic acids is 1. The number of nitrogens with zero attached hydrogens (tertiary/aromatic N) is 2. The SMILES string of the molecule is COc1cccc(C(=O)N[C@H](C)[C@H](c2cccs2)N2CCN(c3ccccc3)CC2)c1. The van der Waals surface area contributed by atoms with E-state index in [1.165, 1.54) is 10.6 Å². The number of benzene rings is 2. The molecule has 1 saturated heterocycles. The highest BCUT2D eigenvalue weighted by atomic mass is 32.1. The second-order valence-corrected chi connectivity index (χ2v) is 8.79. The molecule has 162 valence electrons. The lowest BCUT2D eigenvalue weighted by Gasteiger charge is -2.42. The molecule has 1 aromatic heterocycles. The van der Waals surface area contributed by atoms with Gasteiger partial charge in [0.25, 0.3) is 5.91 Å². The first-order valence-corrected chi connectivity index (χ1v) is 11.6. The number of carbonyl (C=O) groups is 1. The fourth-order valence-electron chi connectivity index (χ4n) is 4.23. The summed E-state index contributed by atoms with van der Waals surface area (Å²) < 4.78 is 5.27. The summed E-state index contributed by atoms with van der Waals surface area (Å²) in [5, 5.41) is 5.34. The topological polar surface area (TPSA) is 44.8 Å². The molecule has 0 radical (unpaired) electrons. The van der Waals surface area contributed by atoms with Crippen molar-refractivity contribution in [1.82, 2.24) is 10.2 Å². The van der Waals surface area contributed by atoms with Gasteiger partial charge in [-0.2, -0.15) is 0 Å². The van der Waals surface area contributed by atoms with E-state index in [1.807, 2.05) is 18.2 Å². The van der Waals surface area contributed by atoms with E-state index in [0.29, 0.717) is 11.3 Å². The largest absolute Gasteiger partial charge is 0.497 e. The van der Waals surface area contributed by atoms with Gasteiger partial charge in [-0.05, 0) is 48.7 Å². The number of hydrogen-bond donors (Lipinski definition) is 1. The molecule has 0 aliphatic carbocycles. The molecule has 5 nitrogen and oxygen atoms in total. The minimum absolute atomic E-state index is 0.0272. The quantitative estimate of drug-likeness (QED) is 0.596. The molecule has 1 N–H and O–H groups in total. The number of rotatable bonds is 7. The summed E-state index contributed by atoms with van der Waals surface area (Å²) in [6, 6.07) is 22.2. The van der Waals surface area contributed by atoms with E-state index in [4.69, 9.17) is 4.74 Å². The van der Waals surface area contributed by atoms with Crippen molar-refractivity contribution in [2.24, 2.45) is 0 Å².